The minimum absolute atomic E-state index is 0.110. The number of nitrogens with one attached hydrogen (secondary N) is 1. The van der Waals surface area contributed by atoms with Crippen LogP contribution >= 0.6 is 0 Å². The molecule has 0 aliphatic heterocycles. The molecule has 0 aliphatic rings. The van der Waals surface area contributed by atoms with Crippen LogP contribution in [-0.4, -0.2) is 29.6 Å². The van der Waals surface area contributed by atoms with E-state index in [9.17, 15) is 4.79 Å². The summed E-state index contributed by atoms with van der Waals surface area (Å²) in [5.41, 5.74) is 3.27. The molecule has 1 heterocycles. The summed E-state index contributed by atoms with van der Waals surface area (Å²) in [4.78, 5) is 13.1. The molecule has 2 aromatic rings. The third-order valence-electron chi connectivity index (χ3n) is 3.08. The fourth-order valence-electron chi connectivity index (χ4n) is 2.14. The predicted molar refractivity (Wildman–Crippen MR) is 75.1 cm³/mol. The van der Waals surface area contributed by atoms with E-state index in [1.54, 1.807) is 14.1 Å². The van der Waals surface area contributed by atoms with Crippen molar-refractivity contribution in [1.29, 1.82) is 0 Å². The lowest BCUT2D eigenvalue weighted by Gasteiger charge is -2.12. The molecule has 1 N–H and O–H groups in total. The standard InChI is InChI=1S/C14H19N3O/c1-5-17-10(2)8-11-9-12(6-7-13(11)17)15-14(18)16(3)4/h6-9H,5H2,1-4H3,(H,15,18). The van der Waals surface area contributed by atoms with Crippen LogP contribution < -0.4 is 5.32 Å². The van der Waals surface area contributed by atoms with Gasteiger partial charge in [-0.25, -0.2) is 4.79 Å². The summed E-state index contributed by atoms with van der Waals surface area (Å²) in [7, 11) is 3.46. The number of benzene rings is 1. The summed E-state index contributed by atoms with van der Waals surface area (Å²) in [5, 5.41) is 4.02. The van der Waals surface area contributed by atoms with Crippen LogP contribution in [0.3, 0.4) is 0 Å². The number of carbonyl (C=O) groups is 1. The highest BCUT2D eigenvalue weighted by atomic mass is 16.2. The van der Waals surface area contributed by atoms with Crippen molar-refractivity contribution in [2.45, 2.75) is 20.4 Å². The molecule has 0 radical (unpaired) electrons. The molecule has 0 saturated carbocycles. The summed E-state index contributed by atoms with van der Waals surface area (Å²) >= 11 is 0. The second-order valence-electron chi connectivity index (χ2n) is 4.63. The van der Waals surface area contributed by atoms with Gasteiger partial charge in [0.05, 0.1) is 0 Å². The van der Waals surface area contributed by atoms with Gasteiger partial charge in [-0.3, -0.25) is 0 Å². The van der Waals surface area contributed by atoms with Crippen LogP contribution in [0, 0.1) is 6.92 Å². The number of fused-ring (bicyclic) bond motifs is 1. The highest BCUT2D eigenvalue weighted by molar-refractivity contribution is 5.93. The van der Waals surface area contributed by atoms with Crippen molar-refractivity contribution in [3.05, 3.63) is 30.0 Å². The minimum atomic E-state index is -0.110. The Morgan fingerprint density at radius 1 is 1.33 bits per heavy atom. The van der Waals surface area contributed by atoms with Crippen LogP contribution in [-0.2, 0) is 6.54 Å². The Bertz CT molecular complexity index is 584. The molecule has 0 fully saturated rings. The van der Waals surface area contributed by atoms with Gasteiger partial charge >= 0.3 is 6.03 Å². The molecule has 2 rings (SSSR count). The van der Waals surface area contributed by atoms with Crippen molar-refractivity contribution in [3.63, 3.8) is 0 Å². The highest BCUT2D eigenvalue weighted by Gasteiger charge is 2.07. The van der Waals surface area contributed by atoms with Crippen molar-refractivity contribution in [1.82, 2.24) is 9.47 Å². The third-order valence-corrected chi connectivity index (χ3v) is 3.08. The van der Waals surface area contributed by atoms with Gasteiger partial charge in [0.15, 0.2) is 0 Å². The maximum atomic E-state index is 11.6. The Labute approximate surface area is 107 Å². The Balaban J connectivity index is 2.36. The summed E-state index contributed by atoms with van der Waals surface area (Å²) in [6.07, 6.45) is 0. The number of hydrogen-bond donors (Lipinski definition) is 1. The van der Waals surface area contributed by atoms with Gasteiger partial charge in [-0.15, -0.1) is 0 Å². The van der Waals surface area contributed by atoms with Gasteiger partial charge in [-0.1, -0.05) is 0 Å². The molecule has 0 atom stereocenters. The number of urea groups is 1. The fraction of sp³-hybridized carbons (Fsp3) is 0.357. The summed E-state index contributed by atoms with van der Waals surface area (Å²) < 4.78 is 2.26. The SMILES string of the molecule is CCn1c(C)cc2cc(NC(=O)N(C)C)ccc21. The quantitative estimate of drug-likeness (QED) is 0.867. The average molecular weight is 245 g/mol. The number of anilines is 1. The topological polar surface area (TPSA) is 37.3 Å². The lowest BCUT2D eigenvalue weighted by Crippen LogP contribution is -2.27. The Hall–Kier alpha value is -1.97. The molecule has 4 heteroatoms. The van der Waals surface area contributed by atoms with Gasteiger partial charge in [-0.05, 0) is 38.1 Å². The molecular weight excluding hydrogens is 226 g/mol. The second kappa shape index (κ2) is 4.72. The number of nitrogens with zero attached hydrogens (tertiary/aromatic N) is 2. The summed E-state index contributed by atoms with van der Waals surface area (Å²) in [5.74, 6) is 0. The fourth-order valence-corrected chi connectivity index (χ4v) is 2.14. The van der Waals surface area contributed by atoms with E-state index in [4.69, 9.17) is 0 Å². The van der Waals surface area contributed by atoms with Crippen molar-refractivity contribution in [3.8, 4) is 0 Å². The van der Waals surface area contributed by atoms with E-state index in [0.29, 0.717) is 0 Å². The molecule has 0 unspecified atom stereocenters. The maximum absolute atomic E-state index is 11.6. The van der Waals surface area contributed by atoms with E-state index in [2.05, 4.69) is 35.9 Å². The maximum Gasteiger partial charge on any atom is 0.321 e. The third kappa shape index (κ3) is 2.18. The van der Waals surface area contributed by atoms with E-state index >= 15 is 0 Å². The first-order valence-electron chi connectivity index (χ1n) is 6.11. The Morgan fingerprint density at radius 3 is 2.67 bits per heavy atom. The summed E-state index contributed by atoms with van der Waals surface area (Å²) in [6.45, 7) is 5.19. The molecule has 0 bridgehead atoms. The van der Waals surface area contributed by atoms with Crippen LogP contribution in [0.25, 0.3) is 10.9 Å². The van der Waals surface area contributed by atoms with E-state index in [-0.39, 0.29) is 6.03 Å². The molecule has 1 aromatic carbocycles. The van der Waals surface area contributed by atoms with Gasteiger partial charge in [0, 0.05) is 42.9 Å². The van der Waals surface area contributed by atoms with E-state index in [1.165, 1.54) is 16.1 Å². The first-order valence-corrected chi connectivity index (χ1v) is 6.11. The molecule has 1 aromatic heterocycles. The average Bonchev–Trinajstić information content (AvgIpc) is 2.63. The zero-order chi connectivity index (χ0) is 13.3. The normalized spacial score (nSPS) is 10.7. The van der Waals surface area contributed by atoms with E-state index in [0.717, 1.165) is 17.6 Å². The highest BCUT2D eigenvalue weighted by Crippen LogP contribution is 2.23. The van der Waals surface area contributed by atoms with E-state index in [1.807, 2.05) is 12.1 Å². The largest absolute Gasteiger partial charge is 0.345 e. The number of hydrogen-bond acceptors (Lipinski definition) is 1. The van der Waals surface area contributed by atoms with Gasteiger partial charge in [-0.2, -0.15) is 0 Å². The number of aromatic nitrogens is 1. The van der Waals surface area contributed by atoms with Gasteiger partial charge < -0.3 is 14.8 Å². The van der Waals surface area contributed by atoms with Crippen LogP contribution in [0.5, 0.6) is 0 Å². The smallest absolute Gasteiger partial charge is 0.321 e. The molecule has 0 aliphatic carbocycles. The number of amides is 2. The van der Waals surface area contributed by atoms with Crippen molar-refractivity contribution < 1.29 is 4.79 Å². The molecule has 2 amide bonds. The zero-order valence-electron chi connectivity index (χ0n) is 11.3. The predicted octanol–water partition coefficient (Wildman–Crippen LogP) is 3.06. The first-order chi connectivity index (χ1) is 8.52. The zero-order valence-corrected chi connectivity index (χ0v) is 11.3. The van der Waals surface area contributed by atoms with Crippen molar-refractivity contribution in [2.75, 3.05) is 19.4 Å². The molecule has 0 spiro atoms. The van der Waals surface area contributed by atoms with Crippen LogP contribution in [0.1, 0.15) is 12.6 Å². The lowest BCUT2D eigenvalue weighted by molar-refractivity contribution is 0.230. The second-order valence-corrected chi connectivity index (χ2v) is 4.63. The molecule has 96 valence electrons. The monoisotopic (exact) mass is 245 g/mol. The Kier molecular flexibility index (Phi) is 3.28. The summed E-state index contributed by atoms with van der Waals surface area (Å²) in [6, 6.07) is 8.04. The number of aryl methyl sites for hydroxylation is 2. The van der Waals surface area contributed by atoms with Gasteiger partial charge in [0.1, 0.15) is 0 Å². The van der Waals surface area contributed by atoms with Gasteiger partial charge in [0.25, 0.3) is 0 Å². The molecule has 0 saturated heterocycles. The minimum Gasteiger partial charge on any atom is -0.345 e. The molecule has 4 nitrogen and oxygen atoms in total. The van der Waals surface area contributed by atoms with Crippen LogP contribution in [0.2, 0.25) is 0 Å². The van der Waals surface area contributed by atoms with E-state index < -0.39 is 0 Å². The first kappa shape index (κ1) is 12.5. The Morgan fingerprint density at radius 2 is 2.06 bits per heavy atom. The van der Waals surface area contributed by atoms with Crippen molar-refractivity contribution in [2.24, 2.45) is 0 Å². The molecule has 18 heavy (non-hydrogen) atoms. The lowest BCUT2D eigenvalue weighted by atomic mass is 10.2. The van der Waals surface area contributed by atoms with Crippen LogP contribution in [0.15, 0.2) is 24.3 Å². The van der Waals surface area contributed by atoms with Gasteiger partial charge in [0.2, 0.25) is 0 Å². The molecular formula is C14H19N3O. The van der Waals surface area contributed by atoms with Crippen LogP contribution in [0.4, 0.5) is 10.5 Å². The van der Waals surface area contributed by atoms with Crippen molar-refractivity contribution >= 4 is 22.6 Å². The number of carbonyl (C=O) groups excluding carboxylic acids is 1. The number of rotatable bonds is 2.